The minimum atomic E-state index is -3.57. The van der Waals surface area contributed by atoms with Crippen LogP contribution in [0.2, 0.25) is 0 Å². The molecule has 1 amide bonds. The lowest BCUT2D eigenvalue weighted by molar-refractivity contribution is -0.125. The predicted molar refractivity (Wildman–Crippen MR) is 84.9 cm³/mol. The second-order valence-electron chi connectivity index (χ2n) is 5.95. The van der Waals surface area contributed by atoms with Crippen LogP contribution < -0.4 is 10.1 Å². The number of nitrogens with one attached hydrogen (secondary N) is 1. The van der Waals surface area contributed by atoms with Gasteiger partial charge in [0, 0.05) is 32.2 Å². The van der Waals surface area contributed by atoms with Crippen LogP contribution in [-0.4, -0.2) is 69.4 Å². The molecule has 0 bridgehead atoms. The fraction of sp³-hybridized carbons (Fsp3) is 0.533. The minimum absolute atomic E-state index is 0.00193. The van der Waals surface area contributed by atoms with Gasteiger partial charge in [0.2, 0.25) is 15.9 Å². The molecular formula is C15H21N3O4S. The molecule has 23 heavy (non-hydrogen) atoms. The molecule has 0 atom stereocenters. The number of sulfonamides is 1. The summed E-state index contributed by atoms with van der Waals surface area (Å²) >= 11 is 0. The number of hydrogen-bond acceptors (Lipinski definition) is 5. The molecule has 1 aromatic carbocycles. The van der Waals surface area contributed by atoms with E-state index >= 15 is 0 Å². The van der Waals surface area contributed by atoms with E-state index in [2.05, 4.69) is 5.32 Å². The summed E-state index contributed by atoms with van der Waals surface area (Å²) < 4.78 is 32.2. The van der Waals surface area contributed by atoms with Crippen LogP contribution in [0.15, 0.2) is 23.1 Å². The van der Waals surface area contributed by atoms with E-state index in [1.54, 1.807) is 12.1 Å². The van der Waals surface area contributed by atoms with Crippen molar-refractivity contribution in [2.24, 2.45) is 0 Å². The number of amides is 1. The highest BCUT2D eigenvalue weighted by atomic mass is 32.2. The molecule has 2 aliphatic rings. The van der Waals surface area contributed by atoms with E-state index < -0.39 is 10.0 Å². The second-order valence-corrected chi connectivity index (χ2v) is 7.86. The highest BCUT2D eigenvalue weighted by molar-refractivity contribution is 7.89. The highest BCUT2D eigenvalue weighted by Crippen LogP contribution is 2.31. The first kappa shape index (κ1) is 16.2. The molecule has 0 saturated carbocycles. The maximum absolute atomic E-state index is 12.8. The Morgan fingerprint density at radius 3 is 2.70 bits per heavy atom. The Bertz CT molecular complexity index is 713. The Kier molecular flexibility index (Phi) is 4.31. The third-order valence-corrected chi connectivity index (χ3v) is 6.20. The number of rotatable bonds is 4. The molecule has 0 aromatic heterocycles. The van der Waals surface area contributed by atoms with E-state index in [0.717, 1.165) is 12.1 Å². The Labute approximate surface area is 136 Å². The molecule has 0 aliphatic carbocycles. The summed E-state index contributed by atoms with van der Waals surface area (Å²) in [5, 5.41) is 2.77. The van der Waals surface area contributed by atoms with Crippen molar-refractivity contribution in [3.05, 3.63) is 23.8 Å². The van der Waals surface area contributed by atoms with E-state index in [1.807, 2.05) is 17.9 Å². The molecular weight excluding hydrogens is 318 g/mol. The Morgan fingerprint density at radius 2 is 2.04 bits per heavy atom. The van der Waals surface area contributed by atoms with Gasteiger partial charge >= 0.3 is 0 Å². The van der Waals surface area contributed by atoms with E-state index in [0.29, 0.717) is 31.9 Å². The Hall–Kier alpha value is -1.64. The Balaban J connectivity index is 1.73. The number of methoxy groups -OCH3 is 1. The van der Waals surface area contributed by atoms with Crippen molar-refractivity contribution in [3.8, 4) is 5.75 Å². The zero-order valence-electron chi connectivity index (χ0n) is 13.3. The van der Waals surface area contributed by atoms with Crippen LogP contribution >= 0.6 is 0 Å². The molecule has 1 aromatic rings. The number of hydrogen-bond donors (Lipinski definition) is 1. The summed E-state index contributed by atoms with van der Waals surface area (Å²) in [6, 6.07) is 5.24. The molecule has 3 rings (SSSR count). The van der Waals surface area contributed by atoms with Gasteiger partial charge in [-0.25, -0.2) is 8.42 Å². The third kappa shape index (κ3) is 3.06. The largest absolute Gasteiger partial charge is 0.495 e. The molecule has 0 unspecified atom stereocenters. The fourth-order valence-electron chi connectivity index (χ4n) is 2.94. The van der Waals surface area contributed by atoms with E-state index in [-0.39, 0.29) is 16.8 Å². The van der Waals surface area contributed by atoms with Gasteiger partial charge in [-0.2, -0.15) is 4.31 Å². The molecule has 0 spiro atoms. The first-order valence-electron chi connectivity index (χ1n) is 7.57. The minimum Gasteiger partial charge on any atom is -0.495 e. The van der Waals surface area contributed by atoms with Gasteiger partial charge in [-0.05, 0) is 24.6 Å². The van der Waals surface area contributed by atoms with Crippen molar-refractivity contribution < 1.29 is 17.9 Å². The van der Waals surface area contributed by atoms with Gasteiger partial charge in [0.1, 0.15) is 10.6 Å². The smallest absolute Gasteiger partial charge is 0.246 e. The summed E-state index contributed by atoms with van der Waals surface area (Å²) in [5.41, 5.74) is 0.870. The van der Waals surface area contributed by atoms with Crippen LogP contribution in [0, 0.1) is 6.92 Å². The van der Waals surface area contributed by atoms with Gasteiger partial charge in [0.25, 0.3) is 0 Å². The van der Waals surface area contributed by atoms with Crippen LogP contribution in [0.3, 0.4) is 0 Å². The average Bonchev–Trinajstić information content (AvgIpc) is 2.45. The molecule has 2 saturated heterocycles. The number of carbonyl (C=O) groups excluding carboxylic acids is 1. The lowest BCUT2D eigenvalue weighted by atomic mass is 10.1. The van der Waals surface area contributed by atoms with Crippen LogP contribution in [0.25, 0.3) is 0 Å². The van der Waals surface area contributed by atoms with E-state index in [1.165, 1.54) is 11.4 Å². The number of piperazine rings is 1. The molecule has 2 aliphatic heterocycles. The fourth-order valence-corrected chi connectivity index (χ4v) is 4.69. The van der Waals surface area contributed by atoms with Gasteiger partial charge in [-0.15, -0.1) is 0 Å². The van der Waals surface area contributed by atoms with Crippen molar-refractivity contribution in [3.63, 3.8) is 0 Å². The van der Waals surface area contributed by atoms with Crippen molar-refractivity contribution in [2.45, 2.75) is 17.9 Å². The topological polar surface area (TPSA) is 79.0 Å². The number of benzene rings is 1. The van der Waals surface area contributed by atoms with E-state index in [9.17, 15) is 13.2 Å². The Morgan fingerprint density at radius 1 is 1.30 bits per heavy atom. The maximum atomic E-state index is 12.8. The number of nitrogens with zero attached hydrogens (tertiary/aromatic N) is 2. The maximum Gasteiger partial charge on any atom is 0.246 e. The highest BCUT2D eigenvalue weighted by Gasteiger charge is 2.41. The molecule has 126 valence electrons. The van der Waals surface area contributed by atoms with Gasteiger partial charge in [-0.3, -0.25) is 9.69 Å². The summed E-state index contributed by atoms with van der Waals surface area (Å²) in [4.78, 5) is 13.7. The van der Waals surface area contributed by atoms with Crippen molar-refractivity contribution in [1.82, 2.24) is 14.5 Å². The first-order valence-corrected chi connectivity index (χ1v) is 9.01. The lowest BCUT2D eigenvalue weighted by Crippen LogP contribution is -2.64. The van der Waals surface area contributed by atoms with Crippen LogP contribution in [0.5, 0.6) is 5.75 Å². The quantitative estimate of drug-likeness (QED) is 0.822. The van der Waals surface area contributed by atoms with Crippen LogP contribution in [0.4, 0.5) is 0 Å². The van der Waals surface area contributed by atoms with Crippen molar-refractivity contribution >= 4 is 15.9 Å². The van der Waals surface area contributed by atoms with Crippen LogP contribution in [-0.2, 0) is 14.8 Å². The summed E-state index contributed by atoms with van der Waals surface area (Å²) in [6.07, 6.45) is 0. The van der Waals surface area contributed by atoms with E-state index in [4.69, 9.17) is 4.74 Å². The van der Waals surface area contributed by atoms with Gasteiger partial charge in [0.05, 0.1) is 13.7 Å². The second kappa shape index (κ2) is 6.10. The zero-order chi connectivity index (χ0) is 16.6. The third-order valence-electron chi connectivity index (χ3n) is 4.35. The molecule has 0 radical (unpaired) electrons. The summed E-state index contributed by atoms with van der Waals surface area (Å²) in [7, 11) is -2.10. The predicted octanol–water partition coefficient (Wildman–Crippen LogP) is -0.192. The zero-order valence-corrected chi connectivity index (χ0v) is 14.1. The van der Waals surface area contributed by atoms with Gasteiger partial charge in [-0.1, -0.05) is 6.07 Å². The molecule has 2 heterocycles. The number of ether oxygens (including phenoxy) is 1. The van der Waals surface area contributed by atoms with Crippen molar-refractivity contribution in [1.29, 1.82) is 0 Å². The normalized spacial score (nSPS) is 20.9. The summed E-state index contributed by atoms with van der Waals surface area (Å²) in [5.74, 6) is 0.356. The van der Waals surface area contributed by atoms with Crippen molar-refractivity contribution in [2.75, 3.05) is 39.8 Å². The monoisotopic (exact) mass is 339 g/mol. The standard InChI is InChI=1S/C15H21N3O4S/c1-11-3-4-13(22-2)14(7-11)23(20,21)18-8-12(9-18)17-6-5-16-15(19)10-17/h3-4,7,12H,5-6,8-10H2,1-2H3,(H,16,19). The summed E-state index contributed by atoms with van der Waals surface area (Å²) in [6.45, 7) is 4.39. The van der Waals surface area contributed by atoms with Crippen LogP contribution in [0.1, 0.15) is 5.56 Å². The molecule has 1 N–H and O–H groups in total. The lowest BCUT2D eigenvalue weighted by Gasteiger charge is -2.45. The SMILES string of the molecule is COc1ccc(C)cc1S(=O)(=O)N1CC(N2CCNC(=O)C2)C1. The molecule has 7 nitrogen and oxygen atoms in total. The number of aryl methyl sites for hydroxylation is 1. The molecule has 8 heteroatoms. The average molecular weight is 339 g/mol. The molecule has 2 fully saturated rings. The first-order chi connectivity index (χ1) is 10.9. The number of carbonyl (C=O) groups is 1. The van der Waals surface area contributed by atoms with Gasteiger partial charge < -0.3 is 10.1 Å². The van der Waals surface area contributed by atoms with Gasteiger partial charge in [0.15, 0.2) is 0 Å².